The van der Waals surface area contributed by atoms with Crippen molar-refractivity contribution < 1.29 is 18.0 Å². The smallest absolute Gasteiger partial charge is 0.341 e. The third kappa shape index (κ3) is 3.57. The van der Waals surface area contributed by atoms with Crippen LogP contribution in [0.5, 0.6) is 0 Å². The van der Waals surface area contributed by atoms with Crippen LogP contribution in [0.3, 0.4) is 0 Å². The molecule has 1 amide bonds. The van der Waals surface area contributed by atoms with Gasteiger partial charge in [-0.15, -0.1) is 11.3 Å². The van der Waals surface area contributed by atoms with Crippen LogP contribution in [0.1, 0.15) is 12.8 Å². The van der Waals surface area contributed by atoms with Crippen molar-refractivity contribution >= 4 is 17.2 Å². The Hall–Kier alpha value is -1.83. The number of aromatic nitrogens is 2. The van der Waals surface area contributed by atoms with Gasteiger partial charge in [-0.2, -0.15) is 13.2 Å². The van der Waals surface area contributed by atoms with Crippen LogP contribution in [0.15, 0.2) is 29.9 Å². The number of amides is 1. The lowest BCUT2D eigenvalue weighted by Gasteiger charge is -2.33. The molecular formula is C15H16F3N3OS. The van der Waals surface area contributed by atoms with E-state index in [9.17, 15) is 18.0 Å². The summed E-state index contributed by atoms with van der Waals surface area (Å²) in [5.74, 6) is -1.05. The van der Waals surface area contributed by atoms with Crippen molar-refractivity contribution in [3.05, 3.63) is 29.9 Å². The third-order valence-electron chi connectivity index (χ3n) is 4.00. The van der Waals surface area contributed by atoms with Crippen LogP contribution < -0.4 is 0 Å². The number of thiophene rings is 1. The predicted octanol–water partition coefficient (Wildman–Crippen LogP) is 3.41. The second-order valence-corrected chi connectivity index (χ2v) is 6.52. The van der Waals surface area contributed by atoms with Crippen LogP contribution in [0.4, 0.5) is 13.2 Å². The van der Waals surface area contributed by atoms with Gasteiger partial charge in [-0.1, -0.05) is 6.07 Å². The van der Waals surface area contributed by atoms with Gasteiger partial charge in [0.15, 0.2) is 0 Å². The zero-order chi connectivity index (χ0) is 16.4. The molecule has 1 atom stereocenters. The van der Waals surface area contributed by atoms with Gasteiger partial charge in [0.2, 0.25) is 5.91 Å². The summed E-state index contributed by atoms with van der Waals surface area (Å²) in [5.41, 5.74) is 0. The molecule has 0 aliphatic carbocycles. The molecule has 23 heavy (non-hydrogen) atoms. The average molecular weight is 343 g/mol. The number of piperidine rings is 1. The molecule has 0 saturated carbocycles. The molecule has 0 N–H and O–H groups in total. The SMILES string of the molecule is O=C(Cn1ccnc1-c1cccs1)N1CCC[C@H](C(F)(F)F)C1. The highest BCUT2D eigenvalue weighted by molar-refractivity contribution is 7.13. The minimum Gasteiger partial charge on any atom is -0.341 e. The second-order valence-electron chi connectivity index (χ2n) is 5.58. The Balaban J connectivity index is 1.69. The molecule has 0 bridgehead atoms. The lowest BCUT2D eigenvalue weighted by atomic mass is 9.97. The zero-order valence-electron chi connectivity index (χ0n) is 12.3. The molecule has 2 aromatic rings. The predicted molar refractivity (Wildman–Crippen MR) is 80.9 cm³/mol. The van der Waals surface area contributed by atoms with Gasteiger partial charge in [-0.05, 0) is 24.3 Å². The number of alkyl halides is 3. The van der Waals surface area contributed by atoms with E-state index in [4.69, 9.17) is 0 Å². The maximum atomic E-state index is 12.9. The molecule has 0 aromatic carbocycles. The van der Waals surface area contributed by atoms with Crippen LogP contribution >= 0.6 is 11.3 Å². The summed E-state index contributed by atoms with van der Waals surface area (Å²) in [6.07, 6.45) is -0.484. The van der Waals surface area contributed by atoms with Crippen molar-refractivity contribution in [2.45, 2.75) is 25.6 Å². The molecular weight excluding hydrogens is 327 g/mol. The van der Waals surface area contributed by atoms with Crippen LogP contribution in [-0.2, 0) is 11.3 Å². The topological polar surface area (TPSA) is 38.1 Å². The third-order valence-corrected chi connectivity index (χ3v) is 4.87. The number of nitrogens with zero attached hydrogens (tertiary/aromatic N) is 3. The Labute approximate surface area is 135 Å². The first-order valence-corrected chi connectivity index (χ1v) is 8.22. The van der Waals surface area contributed by atoms with Gasteiger partial charge in [0.05, 0.1) is 10.8 Å². The fourth-order valence-corrected chi connectivity index (χ4v) is 3.52. The summed E-state index contributed by atoms with van der Waals surface area (Å²) in [6, 6.07) is 3.79. The van der Waals surface area contributed by atoms with Gasteiger partial charge >= 0.3 is 6.18 Å². The number of hydrogen-bond donors (Lipinski definition) is 0. The molecule has 0 unspecified atom stereocenters. The quantitative estimate of drug-likeness (QED) is 0.857. The van der Waals surface area contributed by atoms with E-state index in [-0.39, 0.29) is 25.4 Å². The highest BCUT2D eigenvalue weighted by Gasteiger charge is 2.42. The number of hydrogen-bond acceptors (Lipinski definition) is 3. The molecule has 1 aliphatic heterocycles. The van der Waals surface area contributed by atoms with Gasteiger partial charge in [-0.3, -0.25) is 4.79 Å². The summed E-state index contributed by atoms with van der Waals surface area (Å²) < 4.78 is 40.2. The zero-order valence-corrected chi connectivity index (χ0v) is 13.1. The summed E-state index contributed by atoms with van der Waals surface area (Å²) in [7, 11) is 0. The highest BCUT2D eigenvalue weighted by atomic mass is 32.1. The molecule has 4 nitrogen and oxygen atoms in total. The van der Waals surface area contributed by atoms with E-state index in [0.717, 1.165) is 4.88 Å². The standard InChI is InChI=1S/C15H16F3N3OS/c16-15(17,18)11-3-1-6-20(9-11)13(22)10-21-7-5-19-14(21)12-4-2-8-23-12/h2,4-5,7-8,11H,1,3,6,9-10H2/t11-/m0/s1. The minimum absolute atomic E-state index is 0.0117. The first kappa shape index (κ1) is 16.0. The number of carbonyl (C=O) groups is 1. The molecule has 0 spiro atoms. The summed E-state index contributed by atoms with van der Waals surface area (Å²) in [5, 5.41) is 1.91. The van der Waals surface area contributed by atoms with Crippen molar-refractivity contribution in [2.75, 3.05) is 13.1 Å². The van der Waals surface area contributed by atoms with Crippen molar-refractivity contribution in [1.82, 2.24) is 14.5 Å². The van der Waals surface area contributed by atoms with E-state index in [1.807, 2.05) is 17.5 Å². The number of likely N-dealkylation sites (tertiary alicyclic amines) is 1. The Morgan fingerprint density at radius 2 is 2.26 bits per heavy atom. The van der Waals surface area contributed by atoms with Crippen LogP contribution in [0.25, 0.3) is 10.7 Å². The molecule has 124 valence electrons. The maximum absolute atomic E-state index is 12.9. The number of imidazole rings is 1. The second kappa shape index (κ2) is 6.35. The molecule has 3 rings (SSSR count). The first-order chi connectivity index (χ1) is 10.9. The van der Waals surface area contributed by atoms with Crippen LogP contribution in [0, 0.1) is 5.92 Å². The van der Waals surface area contributed by atoms with Crippen molar-refractivity contribution in [1.29, 1.82) is 0 Å². The molecule has 2 aromatic heterocycles. The fraction of sp³-hybridized carbons (Fsp3) is 0.467. The van der Waals surface area contributed by atoms with E-state index in [0.29, 0.717) is 18.8 Å². The molecule has 1 fully saturated rings. The Kier molecular flexibility index (Phi) is 4.43. The van der Waals surface area contributed by atoms with E-state index in [1.54, 1.807) is 17.0 Å². The maximum Gasteiger partial charge on any atom is 0.393 e. The van der Waals surface area contributed by atoms with Gasteiger partial charge in [0.1, 0.15) is 12.4 Å². The lowest BCUT2D eigenvalue weighted by molar-refractivity contribution is -0.188. The van der Waals surface area contributed by atoms with Crippen molar-refractivity contribution in [3.63, 3.8) is 0 Å². The van der Waals surface area contributed by atoms with Crippen LogP contribution in [0.2, 0.25) is 0 Å². The molecule has 1 aliphatic rings. The number of carbonyl (C=O) groups excluding carboxylic acids is 1. The minimum atomic E-state index is -4.24. The summed E-state index contributed by atoms with van der Waals surface area (Å²) in [4.78, 5) is 18.9. The normalized spacial score (nSPS) is 19.1. The lowest BCUT2D eigenvalue weighted by Crippen LogP contribution is -2.45. The number of rotatable bonds is 3. The molecule has 8 heteroatoms. The van der Waals surface area contributed by atoms with E-state index in [1.165, 1.54) is 16.2 Å². The van der Waals surface area contributed by atoms with Gasteiger partial charge in [0.25, 0.3) is 0 Å². The van der Waals surface area contributed by atoms with Crippen LogP contribution in [-0.4, -0.2) is 39.6 Å². The van der Waals surface area contributed by atoms with E-state index in [2.05, 4.69) is 4.98 Å². The Bertz CT molecular complexity index is 666. The summed E-state index contributed by atoms with van der Waals surface area (Å²) >= 11 is 1.50. The Morgan fingerprint density at radius 1 is 1.43 bits per heavy atom. The van der Waals surface area contributed by atoms with E-state index < -0.39 is 12.1 Å². The Morgan fingerprint density at radius 3 is 2.96 bits per heavy atom. The van der Waals surface area contributed by atoms with Gasteiger partial charge in [-0.25, -0.2) is 4.98 Å². The highest BCUT2D eigenvalue weighted by Crippen LogP contribution is 2.33. The molecule has 0 radical (unpaired) electrons. The number of halogens is 3. The van der Waals surface area contributed by atoms with Gasteiger partial charge < -0.3 is 9.47 Å². The first-order valence-electron chi connectivity index (χ1n) is 7.34. The fourth-order valence-electron chi connectivity index (χ4n) is 2.78. The average Bonchev–Trinajstić information content (AvgIpc) is 3.17. The largest absolute Gasteiger partial charge is 0.393 e. The van der Waals surface area contributed by atoms with Crippen molar-refractivity contribution in [3.8, 4) is 10.7 Å². The van der Waals surface area contributed by atoms with Crippen molar-refractivity contribution in [2.24, 2.45) is 5.92 Å². The molecule has 1 saturated heterocycles. The van der Waals surface area contributed by atoms with E-state index >= 15 is 0 Å². The monoisotopic (exact) mass is 343 g/mol. The molecule has 3 heterocycles. The summed E-state index contributed by atoms with van der Waals surface area (Å²) in [6.45, 7) is 0.150. The van der Waals surface area contributed by atoms with Gasteiger partial charge in [0, 0.05) is 25.5 Å².